The Bertz CT molecular complexity index is 519. The molecule has 1 fully saturated rings. The van der Waals surface area contributed by atoms with Gasteiger partial charge in [-0.2, -0.15) is 0 Å². The van der Waals surface area contributed by atoms with Crippen molar-refractivity contribution in [2.75, 3.05) is 37.3 Å². The fourth-order valence-electron chi connectivity index (χ4n) is 2.65. The summed E-state index contributed by atoms with van der Waals surface area (Å²) in [6, 6.07) is 7.23. The van der Waals surface area contributed by atoms with Crippen molar-refractivity contribution < 1.29 is 8.42 Å². The average Bonchev–Trinajstić information content (AvgIpc) is 2.48. The summed E-state index contributed by atoms with van der Waals surface area (Å²) in [5.41, 5.74) is 1.07. The first kappa shape index (κ1) is 15.3. The Morgan fingerprint density at radius 2 is 2.00 bits per heavy atom. The normalized spacial score (nSPS) is 19.8. The van der Waals surface area contributed by atoms with E-state index in [1.165, 1.54) is 12.8 Å². The third kappa shape index (κ3) is 3.73. The molecule has 0 bridgehead atoms. The molecule has 1 unspecified atom stereocenters. The highest BCUT2D eigenvalue weighted by Crippen LogP contribution is 2.20. The predicted octanol–water partition coefficient (Wildman–Crippen LogP) is 1.92. The molecular formula is C15H24N2O2S. The summed E-state index contributed by atoms with van der Waals surface area (Å²) in [5, 5.41) is 3.42. The van der Waals surface area contributed by atoms with Gasteiger partial charge >= 0.3 is 0 Å². The molecule has 20 heavy (non-hydrogen) atoms. The summed E-state index contributed by atoms with van der Waals surface area (Å²) < 4.78 is 23.6. The van der Waals surface area contributed by atoms with Crippen molar-refractivity contribution in [3.63, 3.8) is 0 Å². The predicted molar refractivity (Wildman–Crippen MR) is 83.0 cm³/mol. The van der Waals surface area contributed by atoms with Crippen LogP contribution < -0.4 is 10.2 Å². The second kappa shape index (κ2) is 6.59. The first-order valence-corrected chi connectivity index (χ1v) is 8.93. The van der Waals surface area contributed by atoms with Crippen LogP contribution in [-0.4, -0.2) is 40.9 Å². The lowest BCUT2D eigenvalue weighted by Gasteiger charge is -2.29. The number of sulfone groups is 1. The van der Waals surface area contributed by atoms with E-state index in [-0.39, 0.29) is 5.75 Å². The van der Waals surface area contributed by atoms with Crippen LogP contribution in [0.5, 0.6) is 0 Å². The van der Waals surface area contributed by atoms with E-state index in [2.05, 4.69) is 17.3 Å². The number of nitrogens with zero attached hydrogens (tertiary/aromatic N) is 1. The fourth-order valence-corrected chi connectivity index (χ4v) is 3.53. The number of anilines is 1. The lowest BCUT2D eigenvalue weighted by atomic mass is 9.99. The molecule has 4 nitrogen and oxygen atoms in total. The first-order chi connectivity index (χ1) is 9.53. The van der Waals surface area contributed by atoms with Crippen LogP contribution in [0.25, 0.3) is 0 Å². The number of nitrogens with one attached hydrogen (secondary N) is 1. The minimum Gasteiger partial charge on any atom is -0.374 e. The Hall–Kier alpha value is -1.07. The summed E-state index contributed by atoms with van der Waals surface area (Å²) in [7, 11) is -1.03. The van der Waals surface area contributed by atoms with E-state index in [4.69, 9.17) is 0 Å². The Labute approximate surface area is 122 Å². The summed E-state index contributed by atoms with van der Waals surface area (Å²) >= 11 is 0. The highest BCUT2D eigenvalue weighted by molar-refractivity contribution is 7.91. The lowest BCUT2D eigenvalue weighted by molar-refractivity contribution is 0.381. The number of piperidine rings is 1. The van der Waals surface area contributed by atoms with Gasteiger partial charge in [0.25, 0.3) is 0 Å². The average molecular weight is 296 g/mol. The summed E-state index contributed by atoms with van der Waals surface area (Å²) in [6.45, 7) is 4.88. The van der Waals surface area contributed by atoms with Crippen LogP contribution in [0, 0.1) is 5.92 Å². The van der Waals surface area contributed by atoms with E-state index < -0.39 is 9.84 Å². The molecule has 0 aromatic heterocycles. The molecule has 0 saturated carbocycles. The Kier molecular flexibility index (Phi) is 5.05. The summed E-state index contributed by atoms with van der Waals surface area (Å²) in [6.07, 6.45) is 2.51. The lowest BCUT2D eigenvalue weighted by Crippen LogP contribution is -2.36. The van der Waals surface area contributed by atoms with Gasteiger partial charge in [0.05, 0.1) is 10.6 Å². The molecule has 1 atom stereocenters. The number of benzene rings is 1. The van der Waals surface area contributed by atoms with Crippen molar-refractivity contribution >= 4 is 15.5 Å². The SMILES string of the molecule is CCS(=O)(=O)c1ccc(N(C)CC2CCCNC2)cc1. The van der Waals surface area contributed by atoms with Crippen molar-refractivity contribution in [1.82, 2.24) is 5.32 Å². The van der Waals surface area contributed by atoms with Crippen LogP contribution in [0.3, 0.4) is 0 Å². The van der Waals surface area contributed by atoms with Crippen molar-refractivity contribution in [2.45, 2.75) is 24.7 Å². The van der Waals surface area contributed by atoms with E-state index >= 15 is 0 Å². The molecule has 0 aliphatic carbocycles. The summed E-state index contributed by atoms with van der Waals surface area (Å²) in [5.74, 6) is 0.823. The molecule has 1 aromatic rings. The zero-order chi connectivity index (χ0) is 14.6. The van der Waals surface area contributed by atoms with Gasteiger partial charge < -0.3 is 10.2 Å². The van der Waals surface area contributed by atoms with Gasteiger partial charge in [0.1, 0.15) is 0 Å². The quantitative estimate of drug-likeness (QED) is 0.902. The maximum absolute atomic E-state index is 11.8. The van der Waals surface area contributed by atoms with Crippen LogP contribution in [0.1, 0.15) is 19.8 Å². The van der Waals surface area contributed by atoms with E-state index in [0.29, 0.717) is 10.8 Å². The van der Waals surface area contributed by atoms with Gasteiger partial charge in [-0.3, -0.25) is 0 Å². The molecule has 0 amide bonds. The largest absolute Gasteiger partial charge is 0.374 e. The molecule has 1 heterocycles. The van der Waals surface area contributed by atoms with Crippen molar-refractivity contribution in [3.8, 4) is 0 Å². The van der Waals surface area contributed by atoms with Crippen LogP contribution in [0.4, 0.5) is 5.69 Å². The molecule has 1 aliphatic heterocycles. The van der Waals surface area contributed by atoms with Gasteiger partial charge in [-0.05, 0) is 56.1 Å². The maximum atomic E-state index is 11.8. The molecule has 2 rings (SSSR count). The molecule has 0 spiro atoms. The number of rotatable bonds is 5. The third-order valence-electron chi connectivity index (χ3n) is 3.95. The smallest absolute Gasteiger partial charge is 0.178 e. The van der Waals surface area contributed by atoms with E-state index in [9.17, 15) is 8.42 Å². The van der Waals surface area contributed by atoms with Crippen LogP contribution in [0.2, 0.25) is 0 Å². The zero-order valence-electron chi connectivity index (χ0n) is 12.3. The minimum absolute atomic E-state index is 0.149. The van der Waals surface area contributed by atoms with Crippen LogP contribution in [-0.2, 0) is 9.84 Å². The molecule has 1 aromatic carbocycles. The first-order valence-electron chi connectivity index (χ1n) is 7.27. The van der Waals surface area contributed by atoms with Gasteiger partial charge in [0.2, 0.25) is 0 Å². The van der Waals surface area contributed by atoms with Gasteiger partial charge in [0, 0.05) is 19.3 Å². The molecule has 5 heteroatoms. The molecule has 1 N–H and O–H groups in total. The zero-order valence-corrected chi connectivity index (χ0v) is 13.1. The second-order valence-electron chi connectivity index (χ2n) is 5.49. The fraction of sp³-hybridized carbons (Fsp3) is 0.600. The molecule has 0 radical (unpaired) electrons. The van der Waals surface area contributed by atoms with Crippen molar-refractivity contribution in [3.05, 3.63) is 24.3 Å². The van der Waals surface area contributed by atoms with Gasteiger partial charge in [0.15, 0.2) is 9.84 Å². The standard InChI is InChI=1S/C15H24N2O2S/c1-3-20(18,19)15-8-6-14(7-9-15)17(2)12-13-5-4-10-16-11-13/h6-9,13,16H,3-5,10-12H2,1-2H3. The van der Waals surface area contributed by atoms with Gasteiger partial charge in [-0.1, -0.05) is 6.92 Å². The molecule has 112 valence electrons. The number of hydrogen-bond donors (Lipinski definition) is 1. The Morgan fingerprint density at radius 3 is 2.55 bits per heavy atom. The molecule has 1 aliphatic rings. The van der Waals surface area contributed by atoms with Crippen molar-refractivity contribution in [1.29, 1.82) is 0 Å². The molecular weight excluding hydrogens is 272 g/mol. The topological polar surface area (TPSA) is 49.4 Å². The second-order valence-corrected chi connectivity index (χ2v) is 7.77. The van der Waals surface area contributed by atoms with Crippen molar-refractivity contribution in [2.24, 2.45) is 5.92 Å². The molecule has 1 saturated heterocycles. The van der Waals surface area contributed by atoms with Gasteiger partial charge in [-0.15, -0.1) is 0 Å². The van der Waals surface area contributed by atoms with E-state index in [1.54, 1.807) is 19.1 Å². The summed E-state index contributed by atoms with van der Waals surface area (Å²) in [4.78, 5) is 2.62. The van der Waals surface area contributed by atoms with E-state index in [1.807, 2.05) is 12.1 Å². The minimum atomic E-state index is -3.10. The third-order valence-corrected chi connectivity index (χ3v) is 5.70. The Balaban J connectivity index is 2.02. The van der Waals surface area contributed by atoms with Crippen LogP contribution in [0.15, 0.2) is 29.2 Å². The van der Waals surface area contributed by atoms with Crippen LogP contribution >= 0.6 is 0 Å². The van der Waals surface area contributed by atoms with E-state index in [0.717, 1.165) is 25.3 Å². The monoisotopic (exact) mass is 296 g/mol. The maximum Gasteiger partial charge on any atom is 0.178 e. The highest BCUT2D eigenvalue weighted by atomic mass is 32.2. The van der Waals surface area contributed by atoms with Gasteiger partial charge in [-0.25, -0.2) is 8.42 Å². The number of hydrogen-bond acceptors (Lipinski definition) is 4. The highest BCUT2D eigenvalue weighted by Gasteiger charge is 2.16. The Morgan fingerprint density at radius 1 is 1.30 bits per heavy atom.